The third kappa shape index (κ3) is 15.7. The van der Waals surface area contributed by atoms with Gasteiger partial charge in [-0.15, -0.1) is 0 Å². The van der Waals surface area contributed by atoms with Gasteiger partial charge < -0.3 is 52.3 Å². The SMILES string of the molecule is C=CC(=O)OC1CCCC(OC(=O)C(CCOCC)N(C)C(=O)c2cc(Oc3ccc(C)cc3C)c3c4c(Oc5ccc(C)cc5C)cc5c6c(cc(Oc7ccc(C)cc7C)c(c7c(Oc8ccc(C)cc8C)cc(C=O)c2c73)c64)C(=O)N(C(CCOCC)C(=O)OC2CCCC(OC(=O)C=C)C2)C5=O)C1. The lowest BCUT2D eigenvalue weighted by Crippen LogP contribution is -2.52. The van der Waals surface area contributed by atoms with Gasteiger partial charge in [-0.3, -0.25) is 24.1 Å². The lowest BCUT2D eigenvalue weighted by Gasteiger charge is -2.35. The maximum absolute atomic E-state index is 16.6. The summed E-state index contributed by atoms with van der Waals surface area (Å²) in [6.45, 7) is 26.5. The number of rotatable bonds is 28. The first-order chi connectivity index (χ1) is 51.4. The van der Waals surface area contributed by atoms with Crippen molar-refractivity contribution in [2.45, 2.75) is 170 Å². The van der Waals surface area contributed by atoms with Crippen LogP contribution in [0.4, 0.5) is 0 Å². The summed E-state index contributed by atoms with van der Waals surface area (Å²) in [5, 5.41) is 1.62. The zero-order valence-corrected chi connectivity index (χ0v) is 62.5. The number of aldehydes is 1. The number of ether oxygens (including phenoxy) is 10. The van der Waals surface area contributed by atoms with E-state index in [1.54, 1.807) is 49.4 Å². The molecule has 9 aromatic carbocycles. The van der Waals surface area contributed by atoms with Crippen molar-refractivity contribution in [1.29, 1.82) is 0 Å². The minimum atomic E-state index is -1.57. The second-order valence-corrected chi connectivity index (χ2v) is 28.2. The Morgan fingerprint density at radius 1 is 0.467 bits per heavy atom. The normalized spacial score (nSPS) is 17.0. The summed E-state index contributed by atoms with van der Waals surface area (Å²) in [4.78, 5) is 122. The smallest absolute Gasteiger partial charge is 0.330 e. The molecule has 0 N–H and O–H groups in total. The van der Waals surface area contributed by atoms with Crippen molar-refractivity contribution < 1.29 is 85.7 Å². The van der Waals surface area contributed by atoms with Crippen LogP contribution in [0.25, 0.3) is 43.1 Å². The van der Waals surface area contributed by atoms with E-state index in [0.29, 0.717) is 91.1 Å². The zero-order chi connectivity index (χ0) is 76.2. The zero-order valence-electron chi connectivity index (χ0n) is 62.5. The molecule has 2 fully saturated rings. The highest BCUT2D eigenvalue weighted by atomic mass is 16.6. The number of esters is 4. The number of hydrogen-bond donors (Lipinski definition) is 0. The third-order valence-electron chi connectivity index (χ3n) is 20.4. The van der Waals surface area contributed by atoms with Crippen LogP contribution in [0.5, 0.6) is 46.0 Å². The number of carbonyl (C=O) groups excluding carboxylic acids is 8. The van der Waals surface area contributed by atoms with Gasteiger partial charge in [0, 0.05) is 120 Å². The topological polar surface area (TPSA) is 235 Å². The molecule has 1 heterocycles. The number of carbonyl (C=O) groups is 8. The summed E-state index contributed by atoms with van der Waals surface area (Å²) >= 11 is 0. The molecule has 1 aliphatic heterocycles. The fourth-order valence-electron chi connectivity index (χ4n) is 15.3. The summed E-state index contributed by atoms with van der Waals surface area (Å²) in [7, 11) is 1.49. The van der Waals surface area contributed by atoms with Gasteiger partial charge in [0.1, 0.15) is 82.5 Å². The summed E-state index contributed by atoms with van der Waals surface area (Å²) in [6, 6.07) is 25.9. The van der Waals surface area contributed by atoms with Gasteiger partial charge in [0.05, 0.1) is 16.7 Å². The van der Waals surface area contributed by atoms with Gasteiger partial charge in [0.15, 0.2) is 6.29 Å². The van der Waals surface area contributed by atoms with Crippen molar-refractivity contribution in [2.24, 2.45) is 0 Å². The first kappa shape index (κ1) is 75.7. The molecule has 9 aromatic rings. The third-order valence-corrected chi connectivity index (χ3v) is 20.4. The van der Waals surface area contributed by atoms with Crippen molar-refractivity contribution in [2.75, 3.05) is 33.5 Å². The average Bonchev–Trinajstić information content (AvgIpc) is 0.675. The molecule has 107 heavy (non-hydrogen) atoms. The maximum atomic E-state index is 16.6. The minimum Gasteiger partial charge on any atom is -0.461 e. The van der Waals surface area contributed by atoms with Gasteiger partial charge in [-0.2, -0.15) is 0 Å². The summed E-state index contributed by atoms with van der Waals surface area (Å²) < 4.78 is 65.0. The first-order valence-corrected chi connectivity index (χ1v) is 36.6. The van der Waals surface area contributed by atoms with Crippen LogP contribution < -0.4 is 18.9 Å². The molecule has 556 valence electrons. The quantitative estimate of drug-likeness (QED) is 0.00647. The number of benzene rings is 9. The fraction of sp³-hybridized carbons (Fsp3) is 0.356. The van der Waals surface area contributed by atoms with Gasteiger partial charge in [0.2, 0.25) is 0 Å². The molecule has 0 saturated heterocycles. The summed E-state index contributed by atoms with van der Waals surface area (Å²) in [6.07, 6.45) is 3.53. The first-order valence-electron chi connectivity index (χ1n) is 36.6. The Morgan fingerprint density at radius 2 is 0.841 bits per heavy atom. The van der Waals surface area contributed by atoms with Crippen LogP contribution in [0.1, 0.15) is 164 Å². The molecule has 20 heteroatoms. The van der Waals surface area contributed by atoms with Crippen LogP contribution in [0, 0.1) is 55.4 Å². The van der Waals surface area contributed by atoms with Gasteiger partial charge in [-0.1, -0.05) is 83.9 Å². The molecule has 6 unspecified atom stereocenters. The lowest BCUT2D eigenvalue weighted by atomic mass is 9.81. The number of fused-ring (bicyclic) bond motifs is 2. The van der Waals surface area contributed by atoms with E-state index in [4.69, 9.17) is 47.4 Å². The van der Waals surface area contributed by atoms with Gasteiger partial charge >= 0.3 is 23.9 Å². The standard InChI is InChI=1S/C87H90N2O18/c1-14-73(91)100-56-20-18-22-58(41-56)102-86(96)63(32-34-98-16-3)88(13)83(93)60-43-70(105-66-29-25-48(6)37-52(66)10)78-80-72(107-68-31-27-50(8)39-54(68)12)45-62-76-61(84(94)89(85(62)95)64(33-35-99-17-4)87(97)103-59-23-19-21-57(42-59)101-74(92)15-2)44-71(106-67-30-26-49(7)38-53(67)11)79(82(76)80)77-69(40-55(46-90)75(60)81(77)78)104-65-28-24-47(5)36-51(65)9/h14-15,24-31,36-40,43-46,56-59,63-64H,1-2,16-23,32-35,41-42H2,3-13H3. The molecule has 2 aliphatic carbocycles. The van der Waals surface area contributed by atoms with Crippen molar-refractivity contribution in [3.63, 3.8) is 0 Å². The van der Waals surface area contributed by atoms with E-state index in [0.717, 1.165) is 44.9 Å². The molecule has 3 aliphatic rings. The van der Waals surface area contributed by atoms with E-state index in [2.05, 4.69) is 13.2 Å². The Hall–Kier alpha value is -11.0. The summed E-state index contributed by atoms with van der Waals surface area (Å²) in [5.41, 5.74) is 6.29. The van der Waals surface area contributed by atoms with Gasteiger partial charge in [-0.25, -0.2) is 19.2 Å². The van der Waals surface area contributed by atoms with Gasteiger partial charge in [0.25, 0.3) is 17.7 Å². The number of aryl methyl sites for hydroxylation is 8. The Labute approximate surface area is 622 Å². The predicted octanol–water partition coefficient (Wildman–Crippen LogP) is 17.6. The average molecular weight is 1450 g/mol. The lowest BCUT2D eigenvalue weighted by molar-refractivity contribution is -0.162. The molecule has 6 atom stereocenters. The Balaban J connectivity index is 1.20. The van der Waals surface area contributed by atoms with Gasteiger partial charge in [-0.05, 0) is 179 Å². The van der Waals surface area contributed by atoms with Crippen LogP contribution in [0.15, 0.2) is 122 Å². The molecule has 20 nitrogen and oxygen atoms in total. The van der Waals surface area contributed by atoms with Crippen molar-refractivity contribution in [3.8, 4) is 46.0 Å². The van der Waals surface area contributed by atoms with E-state index in [9.17, 15) is 14.4 Å². The number of likely N-dealkylation sites (N-methyl/N-ethyl adjacent to an activating group) is 1. The summed E-state index contributed by atoms with van der Waals surface area (Å²) in [5.74, 6) is -3.66. The molecule has 0 radical (unpaired) electrons. The van der Waals surface area contributed by atoms with Crippen LogP contribution in [0.3, 0.4) is 0 Å². The number of imide groups is 1. The van der Waals surface area contributed by atoms with E-state index >= 15 is 24.0 Å². The molecule has 0 bridgehead atoms. The predicted molar refractivity (Wildman–Crippen MR) is 406 cm³/mol. The number of nitrogens with zero attached hydrogens (tertiary/aromatic N) is 2. The monoisotopic (exact) mass is 1450 g/mol. The number of amides is 3. The highest BCUT2D eigenvalue weighted by Gasteiger charge is 2.46. The number of hydrogen-bond acceptors (Lipinski definition) is 18. The van der Waals surface area contributed by atoms with E-state index in [-0.39, 0.29) is 134 Å². The molecule has 0 aromatic heterocycles. The second kappa shape index (κ2) is 32.4. The van der Waals surface area contributed by atoms with Crippen molar-refractivity contribution in [3.05, 3.63) is 189 Å². The molecule has 12 rings (SSSR count). The Kier molecular flexibility index (Phi) is 22.9. The van der Waals surface area contributed by atoms with Crippen molar-refractivity contribution in [1.82, 2.24) is 9.80 Å². The van der Waals surface area contributed by atoms with E-state index in [1.165, 1.54) is 11.9 Å². The maximum Gasteiger partial charge on any atom is 0.330 e. The largest absolute Gasteiger partial charge is 0.461 e. The van der Waals surface area contributed by atoms with Crippen molar-refractivity contribution >= 4 is 91.0 Å². The van der Waals surface area contributed by atoms with Crippen LogP contribution in [-0.4, -0.2) is 128 Å². The Bertz CT molecular complexity index is 4920. The molecule has 0 spiro atoms. The highest BCUT2D eigenvalue weighted by Crippen LogP contribution is 2.58. The van der Waals surface area contributed by atoms with Crippen LogP contribution in [0.2, 0.25) is 0 Å². The fourth-order valence-corrected chi connectivity index (χ4v) is 15.3. The molecule has 2 saturated carbocycles. The van der Waals surface area contributed by atoms with E-state index in [1.807, 2.05) is 117 Å². The molecular weight excluding hydrogens is 1360 g/mol. The minimum absolute atomic E-state index is 0.0182. The highest BCUT2D eigenvalue weighted by molar-refractivity contribution is 6.44. The Morgan fingerprint density at radius 3 is 1.23 bits per heavy atom. The second-order valence-electron chi connectivity index (χ2n) is 28.2. The molecule has 3 amide bonds. The van der Waals surface area contributed by atoms with Crippen LogP contribution >= 0.6 is 0 Å². The van der Waals surface area contributed by atoms with E-state index < -0.39 is 78.1 Å². The van der Waals surface area contributed by atoms with Crippen LogP contribution in [-0.2, 0) is 47.6 Å². The molecular formula is C87H90N2O18.